The van der Waals surface area contributed by atoms with E-state index in [1.165, 1.54) is 0 Å². The van der Waals surface area contributed by atoms with Gasteiger partial charge in [-0.3, -0.25) is 14.8 Å². The molecule has 0 aliphatic rings. The van der Waals surface area contributed by atoms with Crippen LogP contribution in [0.15, 0.2) is 27.8 Å². The van der Waals surface area contributed by atoms with Crippen molar-refractivity contribution in [2.75, 3.05) is 7.11 Å². The number of benzene rings is 1. The Balaban J connectivity index is 2.22. The number of aromatic nitrogens is 4. The van der Waals surface area contributed by atoms with Gasteiger partial charge in [-0.15, -0.1) is 0 Å². The second-order valence-electron chi connectivity index (χ2n) is 4.40. The highest BCUT2D eigenvalue weighted by molar-refractivity contribution is 5.75. The van der Waals surface area contributed by atoms with E-state index in [0.717, 1.165) is 16.9 Å². The molecule has 0 fully saturated rings. The maximum Gasteiger partial charge on any atom is 0.327 e. The van der Waals surface area contributed by atoms with Crippen LogP contribution in [0.3, 0.4) is 0 Å². The first-order valence-electron chi connectivity index (χ1n) is 5.96. The average Bonchev–Trinajstić information content (AvgIpc) is 2.83. The topological polar surface area (TPSA) is 104 Å². The molecule has 102 valence electrons. The van der Waals surface area contributed by atoms with Gasteiger partial charge in [-0.25, -0.2) is 9.78 Å². The summed E-state index contributed by atoms with van der Waals surface area (Å²) < 4.78 is 5.26. The van der Waals surface area contributed by atoms with Crippen LogP contribution < -0.4 is 16.0 Å². The number of aromatic amines is 3. The van der Waals surface area contributed by atoms with E-state index in [0.29, 0.717) is 5.82 Å². The minimum atomic E-state index is -0.581. The lowest BCUT2D eigenvalue weighted by Crippen LogP contribution is -2.21. The fourth-order valence-corrected chi connectivity index (χ4v) is 2.04. The molecule has 0 unspecified atom stereocenters. The zero-order chi connectivity index (χ0) is 14.3. The van der Waals surface area contributed by atoms with Crippen molar-refractivity contribution in [1.82, 2.24) is 19.9 Å². The number of methoxy groups -OCH3 is 1. The molecule has 2 heterocycles. The van der Waals surface area contributed by atoms with Crippen LogP contribution in [-0.2, 0) is 0 Å². The van der Waals surface area contributed by atoms with E-state index in [2.05, 4.69) is 19.9 Å². The molecule has 0 saturated carbocycles. The highest BCUT2D eigenvalue weighted by Crippen LogP contribution is 2.25. The number of hydrogen-bond donors (Lipinski definition) is 3. The molecule has 0 bridgehead atoms. The Morgan fingerprint density at radius 3 is 2.70 bits per heavy atom. The molecule has 0 aliphatic heterocycles. The van der Waals surface area contributed by atoms with Gasteiger partial charge in [0.25, 0.3) is 5.56 Å². The maximum absolute atomic E-state index is 11.6. The third-order valence-corrected chi connectivity index (χ3v) is 3.07. The smallest absolute Gasteiger partial charge is 0.327 e. The normalized spacial score (nSPS) is 10.9. The number of H-pyrrole nitrogens is 3. The van der Waals surface area contributed by atoms with Crippen molar-refractivity contribution in [2.24, 2.45) is 0 Å². The Bertz CT molecular complexity index is 904. The molecule has 3 N–H and O–H groups in total. The van der Waals surface area contributed by atoms with Gasteiger partial charge >= 0.3 is 5.69 Å². The van der Waals surface area contributed by atoms with Crippen LogP contribution in [0.5, 0.6) is 5.75 Å². The highest BCUT2D eigenvalue weighted by Gasteiger charge is 2.10. The molecule has 7 heteroatoms. The number of nitrogens with one attached hydrogen (secondary N) is 3. The number of nitrogens with zero attached hydrogens (tertiary/aromatic N) is 1. The van der Waals surface area contributed by atoms with E-state index < -0.39 is 11.2 Å². The van der Waals surface area contributed by atoms with E-state index in [1.807, 2.05) is 25.1 Å². The molecule has 20 heavy (non-hydrogen) atoms. The first-order valence-corrected chi connectivity index (χ1v) is 5.96. The van der Waals surface area contributed by atoms with Crippen LogP contribution in [0.4, 0.5) is 0 Å². The monoisotopic (exact) mass is 272 g/mol. The van der Waals surface area contributed by atoms with Crippen molar-refractivity contribution in [2.45, 2.75) is 6.92 Å². The standard InChI is InChI=1S/C13H12N4O3/c1-6-3-4-7(5-8(6)20-2)10-14-9-11(15-10)16-13(19)17-12(9)18/h3-5H,1-2H3,(H3,14,15,16,17,18,19). The van der Waals surface area contributed by atoms with Gasteiger partial charge < -0.3 is 9.72 Å². The lowest BCUT2D eigenvalue weighted by Gasteiger charge is -2.05. The fourth-order valence-electron chi connectivity index (χ4n) is 2.04. The summed E-state index contributed by atoms with van der Waals surface area (Å²) in [4.78, 5) is 34.6. The summed E-state index contributed by atoms with van der Waals surface area (Å²) in [5.74, 6) is 1.22. The summed E-state index contributed by atoms with van der Waals surface area (Å²) in [5.41, 5.74) is 1.15. The first-order chi connectivity index (χ1) is 9.58. The van der Waals surface area contributed by atoms with E-state index >= 15 is 0 Å². The molecule has 1 aromatic carbocycles. The second-order valence-corrected chi connectivity index (χ2v) is 4.40. The lowest BCUT2D eigenvalue weighted by molar-refractivity contribution is 0.412. The van der Waals surface area contributed by atoms with Crippen molar-refractivity contribution >= 4 is 11.2 Å². The number of aryl methyl sites for hydroxylation is 1. The lowest BCUT2D eigenvalue weighted by atomic mass is 10.1. The summed E-state index contributed by atoms with van der Waals surface area (Å²) >= 11 is 0. The quantitative estimate of drug-likeness (QED) is 0.645. The van der Waals surface area contributed by atoms with Crippen molar-refractivity contribution in [3.8, 4) is 17.1 Å². The molecular formula is C13H12N4O3. The van der Waals surface area contributed by atoms with Gasteiger partial charge in [-0.1, -0.05) is 12.1 Å². The third-order valence-electron chi connectivity index (χ3n) is 3.07. The zero-order valence-electron chi connectivity index (χ0n) is 10.9. The minimum absolute atomic E-state index is 0.230. The van der Waals surface area contributed by atoms with E-state index in [1.54, 1.807) is 7.11 Å². The molecule has 7 nitrogen and oxygen atoms in total. The number of imidazole rings is 1. The summed E-state index contributed by atoms with van der Waals surface area (Å²) in [6.07, 6.45) is 0. The van der Waals surface area contributed by atoms with Gasteiger partial charge in [0, 0.05) is 5.56 Å². The predicted molar refractivity (Wildman–Crippen MR) is 74.1 cm³/mol. The SMILES string of the molecule is COc1cc(-c2nc3[nH]c(=O)[nH]c(=O)c3[nH]2)ccc1C. The van der Waals surface area contributed by atoms with Crippen molar-refractivity contribution in [3.63, 3.8) is 0 Å². The van der Waals surface area contributed by atoms with Crippen molar-refractivity contribution in [3.05, 3.63) is 44.6 Å². The molecule has 3 aromatic rings. The van der Waals surface area contributed by atoms with Gasteiger partial charge in [0.1, 0.15) is 17.1 Å². The fraction of sp³-hybridized carbons (Fsp3) is 0.154. The number of fused-ring (bicyclic) bond motifs is 1. The molecule has 2 aromatic heterocycles. The van der Waals surface area contributed by atoms with Crippen LogP contribution in [0.1, 0.15) is 5.56 Å². The zero-order valence-corrected chi connectivity index (χ0v) is 10.9. The molecule has 3 rings (SSSR count). The van der Waals surface area contributed by atoms with Crippen LogP contribution in [-0.4, -0.2) is 27.0 Å². The van der Waals surface area contributed by atoms with Gasteiger partial charge in [0.15, 0.2) is 5.65 Å². The molecule has 0 atom stereocenters. The Hall–Kier alpha value is -2.83. The molecule has 0 spiro atoms. The van der Waals surface area contributed by atoms with E-state index in [4.69, 9.17) is 4.74 Å². The van der Waals surface area contributed by atoms with Crippen molar-refractivity contribution < 1.29 is 4.74 Å². The van der Waals surface area contributed by atoms with Gasteiger partial charge in [0.05, 0.1) is 7.11 Å². The largest absolute Gasteiger partial charge is 0.496 e. The number of ether oxygens (including phenoxy) is 1. The molecule has 0 aliphatic carbocycles. The first kappa shape index (κ1) is 12.2. The van der Waals surface area contributed by atoms with Crippen LogP contribution in [0.25, 0.3) is 22.6 Å². The summed E-state index contributed by atoms with van der Waals surface area (Å²) in [7, 11) is 1.59. The summed E-state index contributed by atoms with van der Waals surface area (Å²) in [5, 5.41) is 0. The number of hydrogen-bond acceptors (Lipinski definition) is 4. The average molecular weight is 272 g/mol. The summed E-state index contributed by atoms with van der Waals surface area (Å²) in [6, 6.07) is 5.58. The van der Waals surface area contributed by atoms with Gasteiger partial charge in [-0.05, 0) is 18.6 Å². The predicted octanol–water partition coefficient (Wildman–Crippen LogP) is 0.924. The van der Waals surface area contributed by atoms with Gasteiger partial charge in [0.2, 0.25) is 0 Å². The van der Waals surface area contributed by atoms with E-state index in [-0.39, 0.29) is 11.2 Å². The Morgan fingerprint density at radius 1 is 1.15 bits per heavy atom. The Morgan fingerprint density at radius 2 is 1.95 bits per heavy atom. The van der Waals surface area contributed by atoms with Crippen LogP contribution in [0.2, 0.25) is 0 Å². The molecule has 0 amide bonds. The Kier molecular flexibility index (Phi) is 2.67. The van der Waals surface area contributed by atoms with Crippen molar-refractivity contribution in [1.29, 1.82) is 0 Å². The Labute approximate surface area is 112 Å². The maximum atomic E-state index is 11.6. The minimum Gasteiger partial charge on any atom is -0.496 e. The highest BCUT2D eigenvalue weighted by atomic mass is 16.5. The summed E-state index contributed by atoms with van der Waals surface area (Å²) in [6.45, 7) is 1.93. The molecule has 0 radical (unpaired) electrons. The van der Waals surface area contributed by atoms with E-state index in [9.17, 15) is 9.59 Å². The second kappa shape index (κ2) is 4.37. The molecule has 0 saturated heterocycles. The third kappa shape index (κ3) is 1.89. The molecular weight excluding hydrogens is 260 g/mol. The van der Waals surface area contributed by atoms with Crippen LogP contribution in [0, 0.1) is 6.92 Å². The van der Waals surface area contributed by atoms with Crippen LogP contribution >= 0.6 is 0 Å². The number of rotatable bonds is 2. The van der Waals surface area contributed by atoms with Gasteiger partial charge in [-0.2, -0.15) is 0 Å².